The lowest BCUT2D eigenvalue weighted by molar-refractivity contribution is 0.335. The predicted molar refractivity (Wildman–Crippen MR) is 101 cm³/mol. The summed E-state index contributed by atoms with van der Waals surface area (Å²) in [5, 5.41) is 0. The molecular formula is C21H44. The summed E-state index contributed by atoms with van der Waals surface area (Å²) in [6.45, 7) is 16.8. The first-order chi connectivity index (χ1) is 10.3. The third-order valence-electron chi connectivity index (χ3n) is 4.43. The Balaban J connectivity index is 0. The van der Waals surface area contributed by atoms with Crippen molar-refractivity contribution in [3.63, 3.8) is 0 Å². The quantitative estimate of drug-likeness (QED) is 0.328. The van der Waals surface area contributed by atoms with Crippen LogP contribution < -0.4 is 0 Å². The van der Waals surface area contributed by atoms with Gasteiger partial charge in [-0.05, 0) is 37.5 Å². The Morgan fingerprint density at radius 1 is 0.905 bits per heavy atom. The van der Waals surface area contributed by atoms with E-state index < -0.39 is 0 Å². The predicted octanol–water partition coefficient (Wildman–Crippen LogP) is 8.17. The van der Waals surface area contributed by atoms with Crippen LogP contribution in [-0.4, -0.2) is 0 Å². The fraction of sp³-hybridized carbons (Fsp3) is 0.905. The molecule has 0 N–H and O–H groups in total. The van der Waals surface area contributed by atoms with E-state index in [0.29, 0.717) is 0 Å². The lowest BCUT2D eigenvalue weighted by atomic mass is 9.87. The second-order valence-corrected chi connectivity index (χ2v) is 6.07. The molecule has 0 heteroatoms. The molecule has 0 aromatic heterocycles. The topological polar surface area (TPSA) is 0 Å². The Hall–Kier alpha value is -0.260. The van der Waals surface area contributed by atoms with E-state index in [0.717, 1.165) is 11.8 Å². The third kappa shape index (κ3) is 13.1. The van der Waals surface area contributed by atoms with Gasteiger partial charge in [-0.15, -0.1) is 0 Å². The standard InChI is InChI=1S/C17H32.2C2H6/c1-4-7-16(8-5-2)13-14-17-10-6-9-15(3)11-12-17;2*1-2/h16-17H,3-14H2,1-2H3;2*1-2H3. The van der Waals surface area contributed by atoms with Crippen LogP contribution in [0.5, 0.6) is 0 Å². The molecule has 1 saturated carbocycles. The van der Waals surface area contributed by atoms with Crippen LogP contribution in [0.1, 0.15) is 112 Å². The van der Waals surface area contributed by atoms with Gasteiger partial charge < -0.3 is 0 Å². The molecule has 0 spiro atoms. The van der Waals surface area contributed by atoms with Crippen molar-refractivity contribution >= 4 is 0 Å². The second-order valence-electron chi connectivity index (χ2n) is 6.07. The van der Waals surface area contributed by atoms with Crippen molar-refractivity contribution in [1.82, 2.24) is 0 Å². The summed E-state index contributed by atoms with van der Waals surface area (Å²) in [7, 11) is 0. The third-order valence-corrected chi connectivity index (χ3v) is 4.43. The van der Waals surface area contributed by atoms with Crippen LogP contribution >= 0.6 is 0 Å². The maximum Gasteiger partial charge on any atom is -0.0320 e. The van der Waals surface area contributed by atoms with Crippen LogP contribution in [0.15, 0.2) is 12.2 Å². The van der Waals surface area contributed by atoms with Gasteiger partial charge in [0.1, 0.15) is 0 Å². The minimum atomic E-state index is 1.01. The molecule has 1 unspecified atom stereocenters. The molecule has 128 valence electrons. The summed E-state index contributed by atoms with van der Waals surface area (Å²) >= 11 is 0. The lowest BCUT2D eigenvalue weighted by Gasteiger charge is -2.19. The minimum Gasteiger partial charge on any atom is -0.0999 e. The Morgan fingerprint density at radius 2 is 1.48 bits per heavy atom. The Kier molecular flexibility index (Phi) is 19.5. The van der Waals surface area contributed by atoms with Crippen LogP contribution in [0.4, 0.5) is 0 Å². The van der Waals surface area contributed by atoms with Gasteiger partial charge in [0.2, 0.25) is 0 Å². The van der Waals surface area contributed by atoms with Gasteiger partial charge in [0.15, 0.2) is 0 Å². The molecule has 0 radical (unpaired) electrons. The zero-order chi connectivity index (χ0) is 16.5. The number of rotatable bonds is 7. The Labute approximate surface area is 136 Å². The van der Waals surface area contributed by atoms with Crippen molar-refractivity contribution in [3.8, 4) is 0 Å². The van der Waals surface area contributed by atoms with Crippen molar-refractivity contribution in [2.45, 2.75) is 112 Å². The summed E-state index contributed by atoms with van der Waals surface area (Å²) in [5.74, 6) is 2.02. The Bertz CT molecular complexity index is 198. The molecule has 1 atom stereocenters. The van der Waals surface area contributed by atoms with Gasteiger partial charge in [0, 0.05) is 0 Å². The van der Waals surface area contributed by atoms with Gasteiger partial charge in [0.25, 0.3) is 0 Å². The highest BCUT2D eigenvalue weighted by Crippen LogP contribution is 2.31. The van der Waals surface area contributed by atoms with Crippen LogP contribution in [0.2, 0.25) is 0 Å². The van der Waals surface area contributed by atoms with E-state index in [1.165, 1.54) is 76.2 Å². The van der Waals surface area contributed by atoms with Gasteiger partial charge in [-0.2, -0.15) is 0 Å². The number of hydrogen-bond donors (Lipinski definition) is 0. The van der Waals surface area contributed by atoms with Gasteiger partial charge in [-0.1, -0.05) is 98.6 Å². The average molecular weight is 297 g/mol. The van der Waals surface area contributed by atoms with Crippen LogP contribution in [0.25, 0.3) is 0 Å². The first-order valence-corrected chi connectivity index (χ1v) is 9.92. The molecule has 0 bridgehead atoms. The van der Waals surface area contributed by atoms with Crippen LogP contribution in [-0.2, 0) is 0 Å². The molecule has 1 aliphatic rings. The summed E-state index contributed by atoms with van der Waals surface area (Å²) in [6.07, 6.45) is 15.5. The molecule has 0 nitrogen and oxygen atoms in total. The zero-order valence-corrected chi connectivity index (χ0v) is 16.1. The van der Waals surface area contributed by atoms with E-state index in [4.69, 9.17) is 0 Å². The smallest absolute Gasteiger partial charge is 0.0320 e. The highest BCUT2D eigenvalue weighted by atomic mass is 14.2. The highest BCUT2D eigenvalue weighted by Gasteiger charge is 2.15. The highest BCUT2D eigenvalue weighted by molar-refractivity contribution is 4.96. The summed E-state index contributed by atoms with van der Waals surface area (Å²) in [6, 6.07) is 0. The summed E-state index contributed by atoms with van der Waals surface area (Å²) in [4.78, 5) is 0. The molecule has 0 aromatic rings. The average Bonchev–Trinajstić information content (AvgIpc) is 2.74. The fourth-order valence-corrected chi connectivity index (χ4v) is 3.33. The maximum atomic E-state index is 4.16. The first-order valence-electron chi connectivity index (χ1n) is 9.92. The van der Waals surface area contributed by atoms with Gasteiger partial charge in [0.05, 0.1) is 0 Å². The molecular weight excluding hydrogens is 252 g/mol. The van der Waals surface area contributed by atoms with E-state index in [-0.39, 0.29) is 0 Å². The van der Waals surface area contributed by atoms with E-state index in [1.807, 2.05) is 27.7 Å². The molecule has 1 rings (SSSR count). The molecule has 0 aliphatic heterocycles. The van der Waals surface area contributed by atoms with Crippen LogP contribution in [0, 0.1) is 11.8 Å². The van der Waals surface area contributed by atoms with Gasteiger partial charge in [-0.25, -0.2) is 0 Å². The minimum absolute atomic E-state index is 1.01. The monoisotopic (exact) mass is 296 g/mol. The maximum absolute atomic E-state index is 4.16. The second kappa shape index (κ2) is 17.8. The van der Waals surface area contributed by atoms with E-state index >= 15 is 0 Å². The van der Waals surface area contributed by atoms with Crippen LogP contribution in [0.3, 0.4) is 0 Å². The normalized spacial score (nSPS) is 18.2. The molecule has 1 fully saturated rings. The zero-order valence-electron chi connectivity index (χ0n) is 16.1. The molecule has 0 saturated heterocycles. The van der Waals surface area contributed by atoms with E-state index in [9.17, 15) is 0 Å². The van der Waals surface area contributed by atoms with Gasteiger partial charge in [-0.3, -0.25) is 0 Å². The van der Waals surface area contributed by atoms with Gasteiger partial charge >= 0.3 is 0 Å². The van der Waals surface area contributed by atoms with Crippen molar-refractivity contribution in [1.29, 1.82) is 0 Å². The molecule has 0 amide bonds. The molecule has 1 aliphatic carbocycles. The number of hydrogen-bond acceptors (Lipinski definition) is 0. The van der Waals surface area contributed by atoms with Crippen molar-refractivity contribution in [2.24, 2.45) is 11.8 Å². The number of allylic oxidation sites excluding steroid dienone is 1. The summed E-state index contributed by atoms with van der Waals surface area (Å²) in [5.41, 5.74) is 1.51. The molecule has 0 heterocycles. The lowest BCUT2D eigenvalue weighted by Crippen LogP contribution is -2.05. The summed E-state index contributed by atoms with van der Waals surface area (Å²) < 4.78 is 0. The molecule has 0 aromatic carbocycles. The SMILES string of the molecule is C=C1CCCC(CCC(CCC)CCC)CC1.CC.CC. The largest absolute Gasteiger partial charge is 0.0999 e. The van der Waals surface area contributed by atoms with Crippen molar-refractivity contribution in [2.75, 3.05) is 0 Å². The Morgan fingerprint density at radius 3 is 2.00 bits per heavy atom. The first kappa shape index (κ1) is 23.0. The van der Waals surface area contributed by atoms with E-state index in [1.54, 1.807) is 0 Å². The van der Waals surface area contributed by atoms with E-state index in [2.05, 4.69) is 20.4 Å². The fourth-order valence-electron chi connectivity index (χ4n) is 3.33. The van der Waals surface area contributed by atoms with Crippen molar-refractivity contribution < 1.29 is 0 Å². The molecule has 21 heavy (non-hydrogen) atoms. The van der Waals surface area contributed by atoms with Crippen molar-refractivity contribution in [3.05, 3.63) is 12.2 Å².